The molecule has 0 amide bonds. The summed E-state index contributed by atoms with van der Waals surface area (Å²) in [5.41, 5.74) is 3.62. The average molecular weight is 323 g/mol. The van der Waals surface area contributed by atoms with Gasteiger partial charge in [0.25, 0.3) is 0 Å². The standard InChI is InChI=1S/C15H19BrN2O/c1-10-6-5-7-11(2)12(10)9-18-14(15(3,4)19)13(16)8-17-18/h5-8,19H,9H2,1-4H3. The van der Waals surface area contributed by atoms with E-state index in [1.807, 2.05) is 4.68 Å². The molecule has 0 spiro atoms. The Labute approximate surface area is 122 Å². The van der Waals surface area contributed by atoms with Gasteiger partial charge in [0.05, 0.1) is 22.9 Å². The minimum atomic E-state index is -0.925. The van der Waals surface area contributed by atoms with Crippen molar-refractivity contribution in [2.75, 3.05) is 0 Å². The van der Waals surface area contributed by atoms with Crippen molar-refractivity contribution in [1.82, 2.24) is 9.78 Å². The first-order chi connectivity index (χ1) is 8.80. The molecule has 0 bridgehead atoms. The maximum atomic E-state index is 10.3. The van der Waals surface area contributed by atoms with Gasteiger partial charge in [-0.15, -0.1) is 0 Å². The number of aromatic nitrogens is 2. The van der Waals surface area contributed by atoms with Crippen LogP contribution in [0.1, 0.15) is 36.2 Å². The highest BCUT2D eigenvalue weighted by molar-refractivity contribution is 9.10. The van der Waals surface area contributed by atoms with E-state index in [1.54, 1.807) is 20.0 Å². The first-order valence-electron chi connectivity index (χ1n) is 6.30. The fourth-order valence-corrected chi connectivity index (χ4v) is 3.12. The van der Waals surface area contributed by atoms with Gasteiger partial charge in [-0.3, -0.25) is 4.68 Å². The van der Waals surface area contributed by atoms with Crippen LogP contribution in [0.3, 0.4) is 0 Å². The summed E-state index contributed by atoms with van der Waals surface area (Å²) in [7, 11) is 0. The molecule has 0 aliphatic heterocycles. The van der Waals surface area contributed by atoms with Gasteiger partial charge in [-0.05, 0) is 60.3 Å². The molecule has 0 radical (unpaired) electrons. The summed E-state index contributed by atoms with van der Waals surface area (Å²) < 4.78 is 2.70. The Hall–Kier alpha value is -1.13. The SMILES string of the molecule is Cc1cccc(C)c1Cn1ncc(Br)c1C(C)(C)O. The van der Waals surface area contributed by atoms with Gasteiger partial charge in [0, 0.05) is 0 Å². The third-order valence-corrected chi connectivity index (χ3v) is 3.91. The number of benzene rings is 1. The zero-order valence-electron chi connectivity index (χ0n) is 11.7. The number of nitrogens with zero attached hydrogens (tertiary/aromatic N) is 2. The molecule has 1 aromatic carbocycles. The predicted molar refractivity (Wildman–Crippen MR) is 80.2 cm³/mol. The lowest BCUT2D eigenvalue weighted by atomic mass is 10.0. The van der Waals surface area contributed by atoms with Crippen LogP contribution in [0, 0.1) is 13.8 Å². The number of hydrogen-bond acceptors (Lipinski definition) is 2. The van der Waals surface area contributed by atoms with Gasteiger partial charge in [0.1, 0.15) is 5.60 Å². The molecule has 102 valence electrons. The predicted octanol–water partition coefficient (Wildman–Crippen LogP) is 3.54. The summed E-state index contributed by atoms with van der Waals surface area (Å²) >= 11 is 3.46. The molecule has 4 heteroatoms. The number of halogens is 1. The molecule has 0 fully saturated rings. The highest BCUT2D eigenvalue weighted by Crippen LogP contribution is 2.28. The zero-order chi connectivity index (χ0) is 14.2. The number of aryl methyl sites for hydroxylation is 2. The van der Waals surface area contributed by atoms with Crippen LogP contribution < -0.4 is 0 Å². The van der Waals surface area contributed by atoms with Crippen molar-refractivity contribution >= 4 is 15.9 Å². The third kappa shape index (κ3) is 2.90. The van der Waals surface area contributed by atoms with E-state index in [0.717, 1.165) is 10.2 Å². The van der Waals surface area contributed by atoms with Gasteiger partial charge in [0.2, 0.25) is 0 Å². The van der Waals surface area contributed by atoms with Crippen molar-refractivity contribution in [2.24, 2.45) is 0 Å². The van der Waals surface area contributed by atoms with Gasteiger partial charge < -0.3 is 5.11 Å². The van der Waals surface area contributed by atoms with Gasteiger partial charge in [-0.1, -0.05) is 18.2 Å². The van der Waals surface area contributed by atoms with Crippen LogP contribution in [-0.2, 0) is 12.1 Å². The zero-order valence-corrected chi connectivity index (χ0v) is 13.3. The van der Waals surface area contributed by atoms with E-state index in [1.165, 1.54) is 16.7 Å². The van der Waals surface area contributed by atoms with E-state index < -0.39 is 5.60 Å². The highest BCUT2D eigenvalue weighted by atomic mass is 79.9. The molecule has 0 aliphatic carbocycles. The van der Waals surface area contributed by atoms with E-state index in [2.05, 4.69) is 53.1 Å². The summed E-state index contributed by atoms with van der Waals surface area (Å²) in [6.07, 6.45) is 1.74. The number of aliphatic hydroxyl groups is 1. The van der Waals surface area contributed by atoms with E-state index in [-0.39, 0.29) is 0 Å². The third-order valence-electron chi connectivity index (χ3n) is 3.33. The van der Waals surface area contributed by atoms with Crippen molar-refractivity contribution in [3.63, 3.8) is 0 Å². The Morgan fingerprint density at radius 2 is 1.84 bits per heavy atom. The fourth-order valence-electron chi connectivity index (χ4n) is 2.34. The Kier molecular flexibility index (Phi) is 3.83. The van der Waals surface area contributed by atoms with Gasteiger partial charge >= 0.3 is 0 Å². The van der Waals surface area contributed by atoms with Gasteiger partial charge in [0.15, 0.2) is 0 Å². The summed E-state index contributed by atoms with van der Waals surface area (Å²) in [5, 5.41) is 14.6. The minimum absolute atomic E-state index is 0.670. The molecule has 0 aliphatic rings. The molecule has 19 heavy (non-hydrogen) atoms. The summed E-state index contributed by atoms with van der Waals surface area (Å²) in [4.78, 5) is 0. The van der Waals surface area contributed by atoms with Crippen LogP contribution >= 0.6 is 15.9 Å². The quantitative estimate of drug-likeness (QED) is 0.938. The molecule has 0 saturated carbocycles. The Morgan fingerprint density at radius 3 is 2.37 bits per heavy atom. The summed E-state index contributed by atoms with van der Waals surface area (Å²) in [6.45, 7) is 8.42. The number of rotatable bonds is 3. The maximum absolute atomic E-state index is 10.3. The van der Waals surface area contributed by atoms with Crippen LogP contribution in [-0.4, -0.2) is 14.9 Å². The van der Waals surface area contributed by atoms with Crippen LogP contribution in [0.25, 0.3) is 0 Å². The van der Waals surface area contributed by atoms with Crippen molar-refractivity contribution < 1.29 is 5.11 Å². The van der Waals surface area contributed by atoms with E-state index >= 15 is 0 Å². The molecule has 0 saturated heterocycles. The second-order valence-electron chi connectivity index (χ2n) is 5.43. The maximum Gasteiger partial charge on any atom is 0.102 e. The van der Waals surface area contributed by atoms with Gasteiger partial charge in [-0.2, -0.15) is 5.10 Å². The topological polar surface area (TPSA) is 38.0 Å². The molecule has 1 aromatic heterocycles. The van der Waals surface area contributed by atoms with Crippen LogP contribution in [0.4, 0.5) is 0 Å². The van der Waals surface area contributed by atoms with E-state index in [4.69, 9.17) is 0 Å². The van der Waals surface area contributed by atoms with Crippen molar-refractivity contribution in [1.29, 1.82) is 0 Å². The van der Waals surface area contributed by atoms with Gasteiger partial charge in [-0.25, -0.2) is 0 Å². The molecule has 1 N–H and O–H groups in total. The molecule has 3 nitrogen and oxygen atoms in total. The van der Waals surface area contributed by atoms with Crippen molar-refractivity contribution in [2.45, 2.75) is 39.8 Å². The second kappa shape index (κ2) is 5.10. The smallest absolute Gasteiger partial charge is 0.102 e. The fraction of sp³-hybridized carbons (Fsp3) is 0.400. The minimum Gasteiger partial charge on any atom is -0.384 e. The largest absolute Gasteiger partial charge is 0.384 e. The lowest BCUT2D eigenvalue weighted by Gasteiger charge is -2.21. The van der Waals surface area contributed by atoms with E-state index in [9.17, 15) is 5.11 Å². The first kappa shape index (κ1) is 14.3. The Balaban J connectivity index is 2.46. The lowest BCUT2D eigenvalue weighted by Crippen LogP contribution is -2.23. The molecule has 2 rings (SSSR count). The lowest BCUT2D eigenvalue weighted by molar-refractivity contribution is 0.0680. The average Bonchev–Trinajstić information content (AvgIpc) is 2.65. The van der Waals surface area contributed by atoms with Crippen LogP contribution in [0.2, 0.25) is 0 Å². The van der Waals surface area contributed by atoms with Crippen LogP contribution in [0.15, 0.2) is 28.9 Å². The Morgan fingerprint density at radius 1 is 1.26 bits per heavy atom. The highest BCUT2D eigenvalue weighted by Gasteiger charge is 2.25. The molecule has 2 aromatic rings. The first-order valence-corrected chi connectivity index (χ1v) is 7.09. The summed E-state index contributed by atoms with van der Waals surface area (Å²) in [6, 6.07) is 6.26. The molecule has 0 atom stereocenters. The monoisotopic (exact) mass is 322 g/mol. The number of hydrogen-bond donors (Lipinski definition) is 1. The molecule has 1 heterocycles. The van der Waals surface area contributed by atoms with Crippen molar-refractivity contribution in [3.05, 3.63) is 51.3 Å². The van der Waals surface area contributed by atoms with E-state index in [0.29, 0.717) is 6.54 Å². The normalized spacial score (nSPS) is 11.9. The Bertz CT molecular complexity index is 576. The van der Waals surface area contributed by atoms with Crippen LogP contribution in [0.5, 0.6) is 0 Å². The summed E-state index contributed by atoms with van der Waals surface area (Å²) in [5.74, 6) is 0. The second-order valence-corrected chi connectivity index (χ2v) is 6.28. The van der Waals surface area contributed by atoms with Crippen molar-refractivity contribution in [3.8, 4) is 0 Å². The molecular formula is C15H19BrN2O. The molecule has 0 unspecified atom stereocenters. The molecular weight excluding hydrogens is 304 g/mol.